The van der Waals surface area contributed by atoms with E-state index in [-0.39, 0.29) is 23.2 Å². The summed E-state index contributed by atoms with van der Waals surface area (Å²) < 4.78 is 6.80. The second kappa shape index (κ2) is 5.16. The van der Waals surface area contributed by atoms with Crippen LogP contribution in [0.25, 0.3) is 0 Å². The van der Waals surface area contributed by atoms with Gasteiger partial charge in [-0.25, -0.2) is 0 Å². The molecule has 0 radical (unpaired) electrons. The van der Waals surface area contributed by atoms with Crippen molar-refractivity contribution in [2.75, 3.05) is 0 Å². The van der Waals surface area contributed by atoms with Gasteiger partial charge in [0.2, 0.25) is 5.78 Å². The number of hydrogen-bond acceptors (Lipinski definition) is 3. The number of carbonyl (C=O) groups is 1. The first-order valence-corrected chi connectivity index (χ1v) is 6.28. The Balaban J connectivity index is 2.26. The number of hydrogen-bond donors (Lipinski definition) is 0. The molecular formula is C12H12Cl2N2O2. The van der Waals surface area contributed by atoms with Gasteiger partial charge in [-0.1, -0.05) is 11.6 Å². The van der Waals surface area contributed by atoms with E-state index >= 15 is 0 Å². The van der Waals surface area contributed by atoms with E-state index in [9.17, 15) is 4.79 Å². The summed E-state index contributed by atoms with van der Waals surface area (Å²) >= 11 is 11.8. The van der Waals surface area contributed by atoms with Crippen LogP contribution in [0, 0.1) is 6.92 Å². The first-order chi connectivity index (χ1) is 8.52. The molecule has 2 aromatic heterocycles. The lowest BCUT2D eigenvalue weighted by Gasteiger charge is -2.03. The number of nitrogens with zero attached hydrogens (tertiary/aromatic N) is 2. The second-order valence-electron chi connectivity index (χ2n) is 3.87. The minimum atomic E-state index is -0.168. The van der Waals surface area contributed by atoms with E-state index in [4.69, 9.17) is 27.6 Å². The third kappa shape index (κ3) is 2.44. The van der Waals surface area contributed by atoms with Crippen LogP contribution in [0.15, 0.2) is 16.5 Å². The average molecular weight is 287 g/mol. The predicted octanol–water partition coefficient (Wildman–Crippen LogP) is 3.54. The molecule has 0 aliphatic rings. The highest BCUT2D eigenvalue weighted by Gasteiger charge is 2.18. The van der Waals surface area contributed by atoms with E-state index in [1.807, 2.05) is 13.8 Å². The standard InChI is InChI=1S/C12H12Cl2N2O2/c1-3-16-8(12(14)7(2)15-16)6-9(17)10-4-5-11(13)18-10/h4-5H,3,6H2,1-2H3. The Morgan fingerprint density at radius 2 is 2.17 bits per heavy atom. The number of ketones is 1. The zero-order valence-corrected chi connectivity index (χ0v) is 11.5. The highest BCUT2D eigenvalue weighted by molar-refractivity contribution is 6.32. The quantitative estimate of drug-likeness (QED) is 0.808. The smallest absolute Gasteiger partial charge is 0.204 e. The highest BCUT2D eigenvalue weighted by atomic mass is 35.5. The maximum atomic E-state index is 12.0. The summed E-state index contributed by atoms with van der Waals surface area (Å²) in [6.45, 7) is 4.42. The van der Waals surface area contributed by atoms with Crippen molar-refractivity contribution in [3.8, 4) is 0 Å². The number of rotatable bonds is 4. The van der Waals surface area contributed by atoms with Crippen LogP contribution < -0.4 is 0 Å². The Kier molecular flexibility index (Phi) is 3.78. The monoisotopic (exact) mass is 286 g/mol. The van der Waals surface area contributed by atoms with Crippen LogP contribution in [0.4, 0.5) is 0 Å². The fourth-order valence-electron chi connectivity index (χ4n) is 1.74. The maximum absolute atomic E-state index is 12.0. The number of halogens is 2. The SMILES string of the molecule is CCn1nc(C)c(Cl)c1CC(=O)c1ccc(Cl)o1. The van der Waals surface area contributed by atoms with E-state index in [2.05, 4.69) is 5.10 Å². The molecule has 0 spiro atoms. The van der Waals surface area contributed by atoms with Gasteiger partial charge in [0.1, 0.15) is 0 Å². The fraction of sp³-hybridized carbons (Fsp3) is 0.333. The maximum Gasteiger partial charge on any atom is 0.204 e. The number of aryl methyl sites for hydroxylation is 2. The molecule has 0 unspecified atom stereocenters. The summed E-state index contributed by atoms with van der Waals surface area (Å²) in [7, 11) is 0. The van der Waals surface area contributed by atoms with Crippen LogP contribution >= 0.6 is 23.2 Å². The zero-order valence-electron chi connectivity index (χ0n) is 10.0. The summed E-state index contributed by atoms with van der Waals surface area (Å²) in [5, 5.41) is 4.99. The molecular weight excluding hydrogens is 275 g/mol. The van der Waals surface area contributed by atoms with Crippen molar-refractivity contribution in [1.29, 1.82) is 0 Å². The molecule has 2 rings (SSSR count). The van der Waals surface area contributed by atoms with Gasteiger partial charge in [-0.15, -0.1) is 0 Å². The fourth-order valence-corrected chi connectivity index (χ4v) is 2.09. The largest absolute Gasteiger partial charge is 0.442 e. The molecule has 0 aliphatic carbocycles. The lowest BCUT2D eigenvalue weighted by Crippen LogP contribution is -2.09. The van der Waals surface area contributed by atoms with Crippen LogP contribution in [0.3, 0.4) is 0 Å². The molecule has 0 atom stereocenters. The summed E-state index contributed by atoms with van der Waals surface area (Å²) in [6.07, 6.45) is 0.150. The van der Waals surface area contributed by atoms with E-state index in [1.54, 1.807) is 16.8 Å². The average Bonchev–Trinajstić information content (AvgIpc) is 2.88. The van der Waals surface area contributed by atoms with E-state index in [0.29, 0.717) is 17.3 Å². The van der Waals surface area contributed by atoms with Crippen LogP contribution in [0.5, 0.6) is 0 Å². The molecule has 0 N–H and O–H groups in total. The number of aromatic nitrogens is 2. The van der Waals surface area contributed by atoms with Gasteiger partial charge in [-0.2, -0.15) is 5.10 Å². The van der Waals surface area contributed by atoms with Gasteiger partial charge in [-0.3, -0.25) is 9.48 Å². The molecule has 0 amide bonds. The van der Waals surface area contributed by atoms with Crippen molar-refractivity contribution >= 4 is 29.0 Å². The first-order valence-electron chi connectivity index (χ1n) is 5.53. The number of carbonyl (C=O) groups excluding carboxylic acids is 1. The molecule has 96 valence electrons. The predicted molar refractivity (Wildman–Crippen MR) is 69.4 cm³/mol. The van der Waals surface area contributed by atoms with Crippen molar-refractivity contribution in [2.24, 2.45) is 0 Å². The number of furan rings is 1. The molecule has 0 aliphatic heterocycles. The lowest BCUT2D eigenvalue weighted by molar-refractivity contribution is 0.0964. The van der Waals surface area contributed by atoms with Crippen LogP contribution in [0.1, 0.15) is 28.9 Å². The molecule has 4 nitrogen and oxygen atoms in total. The third-order valence-corrected chi connectivity index (χ3v) is 3.32. The molecule has 2 aromatic rings. The summed E-state index contributed by atoms with van der Waals surface area (Å²) in [5.74, 6) is 0.0657. The molecule has 0 saturated carbocycles. The van der Waals surface area contributed by atoms with Gasteiger partial charge in [0, 0.05) is 6.54 Å². The van der Waals surface area contributed by atoms with Crippen molar-refractivity contribution < 1.29 is 9.21 Å². The summed E-state index contributed by atoms with van der Waals surface area (Å²) in [4.78, 5) is 12.0. The molecule has 18 heavy (non-hydrogen) atoms. The minimum Gasteiger partial charge on any atom is -0.442 e. The minimum absolute atomic E-state index is 0.150. The zero-order chi connectivity index (χ0) is 13.3. The first kappa shape index (κ1) is 13.2. The third-order valence-electron chi connectivity index (χ3n) is 2.63. The van der Waals surface area contributed by atoms with Gasteiger partial charge in [0.05, 0.1) is 22.8 Å². The molecule has 0 fully saturated rings. The van der Waals surface area contributed by atoms with Gasteiger partial charge < -0.3 is 4.42 Å². The van der Waals surface area contributed by atoms with Gasteiger partial charge in [0.15, 0.2) is 11.0 Å². The van der Waals surface area contributed by atoms with Crippen molar-refractivity contribution in [2.45, 2.75) is 26.8 Å². The van der Waals surface area contributed by atoms with Crippen molar-refractivity contribution in [3.05, 3.63) is 39.5 Å². The van der Waals surface area contributed by atoms with Crippen LogP contribution in [0.2, 0.25) is 10.2 Å². The van der Waals surface area contributed by atoms with E-state index in [1.165, 1.54) is 0 Å². The Hall–Kier alpha value is -1.26. The van der Waals surface area contributed by atoms with Crippen molar-refractivity contribution in [1.82, 2.24) is 9.78 Å². The molecule has 2 heterocycles. The van der Waals surface area contributed by atoms with Crippen LogP contribution in [-0.4, -0.2) is 15.6 Å². The lowest BCUT2D eigenvalue weighted by atomic mass is 10.1. The topological polar surface area (TPSA) is 48.0 Å². The van der Waals surface area contributed by atoms with Gasteiger partial charge in [-0.05, 0) is 37.6 Å². The molecule has 6 heteroatoms. The van der Waals surface area contributed by atoms with Crippen molar-refractivity contribution in [3.63, 3.8) is 0 Å². The molecule has 0 saturated heterocycles. The molecule has 0 aromatic carbocycles. The number of Topliss-reactive ketones (excluding diaryl/α,β-unsaturated/α-hetero) is 1. The Bertz CT molecular complexity index is 587. The Morgan fingerprint density at radius 3 is 2.72 bits per heavy atom. The van der Waals surface area contributed by atoms with E-state index in [0.717, 1.165) is 5.69 Å². The van der Waals surface area contributed by atoms with Gasteiger partial charge in [0.25, 0.3) is 0 Å². The van der Waals surface area contributed by atoms with E-state index < -0.39 is 0 Å². The summed E-state index contributed by atoms with van der Waals surface area (Å²) in [5.41, 5.74) is 1.42. The Labute approximate surface area is 114 Å². The normalized spacial score (nSPS) is 10.9. The van der Waals surface area contributed by atoms with Gasteiger partial charge >= 0.3 is 0 Å². The van der Waals surface area contributed by atoms with Crippen LogP contribution in [-0.2, 0) is 13.0 Å². The highest BCUT2D eigenvalue weighted by Crippen LogP contribution is 2.23. The Morgan fingerprint density at radius 1 is 1.44 bits per heavy atom. The summed E-state index contributed by atoms with van der Waals surface area (Å²) in [6, 6.07) is 3.09. The second-order valence-corrected chi connectivity index (χ2v) is 4.62. The molecule has 0 bridgehead atoms.